The Kier molecular flexibility index (Phi) is 6.90. The Morgan fingerprint density at radius 3 is 2.53 bits per heavy atom. The van der Waals surface area contributed by atoms with Crippen LogP contribution in [0.3, 0.4) is 0 Å². The second kappa shape index (κ2) is 6.86. The maximum atomic E-state index is 11.6. The lowest BCUT2D eigenvalue weighted by Crippen LogP contribution is -2.54. The van der Waals surface area contributed by atoms with Gasteiger partial charge in [0.2, 0.25) is 0 Å². The van der Waals surface area contributed by atoms with Gasteiger partial charge in [0.15, 0.2) is 0 Å². The van der Waals surface area contributed by atoms with Crippen LogP contribution >= 0.6 is 12.4 Å². The molecule has 0 radical (unpaired) electrons. The molecule has 0 spiro atoms. The van der Waals surface area contributed by atoms with Crippen LogP contribution in [-0.4, -0.2) is 59.2 Å². The topological polar surface area (TPSA) is 70.7 Å². The lowest BCUT2D eigenvalue weighted by atomic mass is 9.99. The summed E-state index contributed by atoms with van der Waals surface area (Å²) < 4.78 is 32.1. The Bertz CT molecular complexity index is 315. The zero-order valence-corrected chi connectivity index (χ0v) is 12.2. The summed E-state index contributed by atoms with van der Waals surface area (Å²) in [4.78, 5) is 0. The highest BCUT2D eigenvalue weighted by Gasteiger charge is 2.34. The van der Waals surface area contributed by atoms with Gasteiger partial charge in [-0.1, -0.05) is 0 Å². The van der Waals surface area contributed by atoms with Gasteiger partial charge < -0.3 is 10.1 Å². The second-order valence-corrected chi connectivity index (χ2v) is 6.32. The van der Waals surface area contributed by atoms with Gasteiger partial charge in [0.25, 0.3) is 10.2 Å². The highest BCUT2D eigenvalue weighted by atomic mass is 35.5. The predicted octanol–water partition coefficient (Wildman–Crippen LogP) is -0.427. The van der Waals surface area contributed by atoms with Gasteiger partial charge in [-0.15, -0.1) is 12.4 Å². The molecule has 6 nitrogen and oxygen atoms in total. The molecule has 104 valence electrons. The van der Waals surface area contributed by atoms with Crippen LogP contribution < -0.4 is 10.0 Å². The summed E-state index contributed by atoms with van der Waals surface area (Å²) in [5.41, 5.74) is -0.252. The average molecular weight is 288 g/mol. The number of hydrogen-bond acceptors (Lipinski definition) is 4. The van der Waals surface area contributed by atoms with Gasteiger partial charge in [0.05, 0.1) is 12.1 Å². The van der Waals surface area contributed by atoms with Gasteiger partial charge in [-0.05, 0) is 19.4 Å². The third-order valence-electron chi connectivity index (χ3n) is 2.83. The van der Waals surface area contributed by atoms with Gasteiger partial charge >= 0.3 is 0 Å². The maximum Gasteiger partial charge on any atom is 0.278 e. The van der Waals surface area contributed by atoms with Crippen molar-refractivity contribution in [3.8, 4) is 0 Å². The van der Waals surface area contributed by atoms with Crippen molar-refractivity contribution in [3.63, 3.8) is 0 Å². The summed E-state index contributed by atoms with van der Waals surface area (Å²) in [6.45, 7) is 1.79. The number of nitrogens with zero attached hydrogens (tertiary/aromatic N) is 1. The van der Waals surface area contributed by atoms with E-state index in [1.54, 1.807) is 7.11 Å². The SMILES string of the molecule is COCC1(CNS(=O)(=O)N(C)C)CCCN1.Cl. The lowest BCUT2D eigenvalue weighted by molar-refractivity contribution is 0.122. The number of halogens is 1. The first-order chi connectivity index (χ1) is 7.42. The summed E-state index contributed by atoms with van der Waals surface area (Å²) >= 11 is 0. The summed E-state index contributed by atoms with van der Waals surface area (Å²) in [5, 5.41) is 3.31. The van der Waals surface area contributed by atoms with Crippen molar-refractivity contribution in [3.05, 3.63) is 0 Å². The van der Waals surface area contributed by atoms with Gasteiger partial charge in [-0.2, -0.15) is 12.7 Å². The van der Waals surface area contributed by atoms with E-state index in [1.165, 1.54) is 18.4 Å². The molecule has 0 aromatic rings. The fourth-order valence-electron chi connectivity index (χ4n) is 1.83. The third-order valence-corrected chi connectivity index (χ3v) is 4.30. The van der Waals surface area contributed by atoms with Crippen LogP contribution in [0, 0.1) is 0 Å². The molecule has 0 aromatic carbocycles. The largest absolute Gasteiger partial charge is 0.383 e. The number of methoxy groups -OCH3 is 1. The van der Waals surface area contributed by atoms with E-state index in [9.17, 15) is 8.42 Å². The van der Waals surface area contributed by atoms with Crippen molar-refractivity contribution in [2.75, 3.05) is 40.9 Å². The molecule has 0 aliphatic carbocycles. The molecule has 0 amide bonds. The van der Waals surface area contributed by atoms with E-state index in [0.29, 0.717) is 13.2 Å². The molecular weight excluding hydrogens is 266 g/mol. The first-order valence-corrected chi connectivity index (χ1v) is 6.77. The van der Waals surface area contributed by atoms with E-state index in [-0.39, 0.29) is 17.9 Å². The third kappa shape index (κ3) is 4.69. The van der Waals surface area contributed by atoms with Crippen molar-refractivity contribution >= 4 is 22.6 Å². The number of hydrogen-bond donors (Lipinski definition) is 2. The van der Waals surface area contributed by atoms with E-state index in [4.69, 9.17) is 4.74 Å². The minimum atomic E-state index is -3.35. The maximum absolute atomic E-state index is 11.6. The fourth-order valence-corrected chi connectivity index (χ4v) is 2.55. The molecule has 1 fully saturated rings. The van der Waals surface area contributed by atoms with Gasteiger partial charge in [0.1, 0.15) is 0 Å². The van der Waals surface area contributed by atoms with Crippen molar-refractivity contribution in [2.45, 2.75) is 18.4 Å². The van der Waals surface area contributed by atoms with Crippen LogP contribution in [-0.2, 0) is 14.9 Å². The molecule has 2 N–H and O–H groups in total. The molecule has 1 heterocycles. The van der Waals surface area contributed by atoms with Crippen molar-refractivity contribution in [2.24, 2.45) is 0 Å². The normalized spacial score (nSPS) is 24.9. The fraction of sp³-hybridized carbons (Fsp3) is 1.00. The summed E-state index contributed by atoms with van der Waals surface area (Å²) in [7, 11) is 1.29. The molecule has 0 bridgehead atoms. The van der Waals surface area contributed by atoms with E-state index in [0.717, 1.165) is 19.4 Å². The highest BCUT2D eigenvalue weighted by molar-refractivity contribution is 7.87. The Hall–Kier alpha value is 0.0800. The van der Waals surface area contributed by atoms with Crippen LogP contribution in [0.15, 0.2) is 0 Å². The molecule has 1 saturated heterocycles. The molecule has 17 heavy (non-hydrogen) atoms. The van der Waals surface area contributed by atoms with E-state index >= 15 is 0 Å². The quantitative estimate of drug-likeness (QED) is 0.696. The van der Waals surface area contributed by atoms with Crippen molar-refractivity contribution in [1.29, 1.82) is 0 Å². The van der Waals surface area contributed by atoms with Crippen LogP contribution in [0.1, 0.15) is 12.8 Å². The Morgan fingerprint density at radius 2 is 2.12 bits per heavy atom. The second-order valence-electron chi connectivity index (χ2n) is 4.35. The first kappa shape index (κ1) is 17.1. The summed E-state index contributed by atoms with van der Waals surface area (Å²) in [5.74, 6) is 0. The zero-order valence-electron chi connectivity index (χ0n) is 10.5. The van der Waals surface area contributed by atoms with Crippen LogP contribution in [0.25, 0.3) is 0 Å². The van der Waals surface area contributed by atoms with Gasteiger partial charge in [-0.3, -0.25) is 0 Å². The molecule has 1 rings (SSSR count). The molecule has 1 unspecified atom stereocenters. The predicted molar refractivity (Wildman–Crippen MR) is 69.7 cm³/mol. The molecule has 0 aromatic heterocycles. The summed E-state index contributed by atoms with van der Waals surface area (Å²) in [6, 6.07) is 0. The first-order valence-electron chi connectivity index (χ1n) is 5.33. The zero-order chi connectivity index (χ0) is 12.2. The lowest BCUT2D eigenvalue weighted by Gasteiger charge is -2.29. The van der Waals surface area contributed by atoms with Crippen LogP contribution in [0.2, 0.25) is 0 Å². The highest BCUT2D eigenvalue weighted by Crippen LogP contribution is 2.19. The Labute approximate surface area is 110 Å². The average Bonchev–Trinajstić information content (AvgIpc) is 2.65. The monoisotopic (exact) mass is 287 g/mol. The van der Waals surface area contributed by atoms with E-state index < -0.39 is 10.2 Å². The van der Waals surface area contributed by atoms with Gasteiger partial charge in [0, 0.05) is 27.7 Å². The van der Waals surface area contributed by atoms with Gasteiger partial charge in [-0.25, -0.2) is 4.72 Å². The van der Waals surface area contributed by atoms with E-state index in [1.807, 2.05) is 0 Å². The minimum absolute atomic E-state index is 0. The smallest absolute Gasteiger partial charge is 0.278 e. The molecule has 0 saturated carbocycles. The number of nitrogens with one attached hydrogen (secondary N) is 2. The molecule has 1 atom stereocenters. The number of rotatable bonds is 6. The molecule has 8 heteroatoms. The van der Waals surface area contributed by atoms with Crippen molar-refractivity contribution in [1.82, 2.24) is 14.3 Å². The molecule has 1 aliphatic heterocycles. The Balaban J connectivity index is 0.00000256. The van der Waals surface area contributed by atoms with Crippen molar-refractivity contribution < 1.29 is 13.2 Å². The summed E-state index contributed by atoms with van der Waals surface area (Å²) in [6.07, 6.45) is 1.98. The minimum Gasteiger partial charge on any atom is -0.383 e. The van der Waals surface area contributed by atoms with Crippen LogP contribution in [0.4, 0.5) is 0 Å². The molecular formula is C9H22ClN3O3S. The molecule has 1 aliphatic rings. The van der Waals surface area contributed by atoms with Crippen LogP contribution in [0.5, 0.6) is 0 Å². The standard InChI is InChI=1S/C9H21N3O3S.ClH/c1-12(2)16(13,14)11-7-9(8-15-3)5-4-6-10-9;/h10-11H,4-8H2,1-3H3;1H. The van der Waals surface area contributed by atoms with E-state index in [2.05, 4.69) is 10.0 Å². The Morgan fingerprint density at radius 1 is 1.47 bits per heavy atom. The number of ether oxygens (including phenoxy) is 1.